The first-order chi connectivity index (χ1) is 12.7. The summed E-state index contributed by atoms with van der Waals surface area (Å²) in [6.45, 7) is 20.6. The second-order valence-corrected chi connectivity index (χ2v) is 8.81. The van der Waals surface area contributed by atoms with Crippen LogP contribution in [0.25, 0.3) is 0 Å². The van der Waals surface area contributed by atoms with Crippen molar-refractivity contribution in [1.82, 2.24) is 10.2 Å². The molecule has 3 unspecified atom stereocenters. The normalized spacial score (nSPS) is 15.7. The third-order valence-electron chi connectivity index (χ3n) is 5.89. The van der Waals surface area contributed by atoms with Crippen molar-refractivity contribution in [3.63, 3.8) is 0 Å². The average Bonchev–Trinajstić information content (AvgIpc) is 2.63. The van der Waals surface area contributed by atoms with Crippen molar-refractivity contribution < 1.29 is 0 Å². The minimum Gasteiger partial charge on any atom is -0.307 e. The summed E-state index contributed by atoms with van der Waals surface area (Å²) in [5.41, 5.74) is 1.19. The zero-order valence-electron chi connectivity index (χ0n) is 19.3. The molecular weight excluding hydrogens is 328 g/mol. The molecule has 0 spiro atoms. The smallest absolute Gasteiger partial charge is 0.0658 e. The molecule has 0 aliphatic rings. The van der Waals surface area contributed by atoms with E-state index in [1.165, 1.54) is 37.7 Å². The van der Waals surface area contributed by atoms with Crippen molar-refractivity contribution in [1.29, 1.82) is 0 Å². The summed E-state index contributed by atoms with van der Waals surface area (Å²) in [5, 5.41) is 3.14. The van der Waals surface area contributed by atoms with E-state index in [4.69, 9.17) is 0 Å². The molecule has 0 aliphatic heterocycles. The van der Waals surface area contributed by atoms with E-state index in [2.05, 4.69) is 83.0 Å². The van der Waals surface area contributed by atoms with Crippen molar-refractivity contribution in [2.24, 2.45) is 11.8 Å². The van der Waals surface area contributed by atoms with Crippen LogP contribution in [0.15, 0.2) is 24.8 Å². The summed E-state index contributed by atoms with van der Waals surface area (Å²) in [5.74, 6) is 8.09. The molecule has 27 heavy (non-hydrogen) atoms. The Hall–Kier alpha value is -1.04. The Labute approximate surface area is 170 Å². The van der Waals surface area contributed by atoms with Crippen LogP contribution in [-0.2, 0) is 0 Å². The fraction of sp³-hybridized carbons (Fsp3) is 0.760. The first kappa shape index (κ1) is 26.0. The largest absolute Gasteiger partial charge is 0.307 e. The molecule has 0 aromatic heterocycles. The van der Waals surface area contributed by atoms with E-state index >= 15 is 0 Å². The predicted molar refractivity (Wildman–Crippen MR) is 123 cm³/mol. The first-order valence-corrected chi connectivity index (χ1v) is 10.9. The van der Waals surface area contributed by atoms with E-state index in [1.807, 2.05) is 7.05 Å². The van der Waals surface area contributed by atoms with Gasteiger partial charge in [-0.25, -0.2) is 0 Å². The van der Waals surface area contributed by atoms with E-state index in [-0.39, 0.29) is 11.6 Å². The zero-order chi connectivity index (χ0) is 20.9. The van der Waals surface area contributed by atoms with Crippen LogP contribution >= 0.6 is 0 Å². The van der Waals surface area contributed by atoms with E-state index < -0.39 is 0 Å². The standard InChI is InChI=1S/C25H46N2/c1-10-24(17-12-14-21(3)4)18-19-25(7,11-2)27(9)20-22(5)15-13-16-23(6)26-8/h11,21,23-24,26H,2,5,10,12,14-15,17-20H2,1,3-4,6-9H3. The highest BCUT2D eigenvalue weighted by molar-refractivity contribution is 5.16. The fourth-order valence-electron chi connectivity index (χ4n) is 3.29. The molecule has 0 amide bonds. The summed E-state index contributed by atoms with van der Waals surface area (Å²) in [7, 11) is 4.13. The maximum atomic E-state index is 4.23. The molecule has 0 saturated carbocycles. The van der Waals surface area contributed by atoms with Crippen molar-refractivity contribution in [3.05, 3.63) is 24.8 Å². The highest BCUT2D eigenvalue weighted by atomic mass is 15.2. The van der Waals surface area contributed by atoms with Gasteiger partial charge < -0.3 is 5.32 Å². The maximum absolute atomic E-state index is 4.23. The Kier molecular flexibility index (Phi) is 13.5. The van der Waals surface area contributed by atoms with Crippen molar-refractivity contribution >= 4 is 0 Å². The van der Waals surface area contributed by atoms with Crippen LogP contribution in [0.4, 0.5) is 0 Å². The SMILES string of the molecule is C=CC(C)(CCC(CC)CCCC(C)C)N(C)CC(=C)CC#CC(C)NC. The minimum atomic E-state index is 0.0140. The topological polar surface area (TPSA) is 15.3 Å². The minimum absolute atomic E-state index is 0.0140. The van der Waals surface area contributed by atoms with Crippen molar-refractivity contribution in [2.75, 3.05) is 20.6 Å². The predicted octanol–water partition coefficient (Wildman–Crippen LogP) is 6.05. The first-order valence-electron chi connectivity index (χ1n) is 10.9. The average molecular weight is 375 g/mol. The molecule has 2 nitrogen and oxygen atoms in total. The van der Waals surface area contributed by atoms with Crippen LogP contribution in [0.2, 0.25) is 0 Å². The summed E-state index contributed by atoms with van der Waals surface area (Å²) >= 11 is 0. The Morgan fingerprint density at radius 2 is 1.89 bits per heavy atom. The lowest BCUT2D eigenvalue weighted by molar-refractivity contribution is 0.174. The lowest BCUT2D eigenvalue weighted by Gasteiger charge is -2.38. The summed E-state index contributed by atoms with van der Waals surface area (Å²) < 4.78 is 0. The van der Waals surface area contributed by atoms with Crippen molar-refractivity contribution in [3.8, 4) is 11.8 Å². The van der Waals surface area contributed by atoms with Gasteiger partial charge in [-0.3, -0.25) is 4.90 Å². The van der Waals surface area contributed by atoms with Gasteiger partial charge in [0.05, 0.1) is 6.04 Å². The third kappa shape index (κ3) is 11.4. The van der Waals surface area contributed by atoms with Crippen LogP contribution in [0.1, 0.15) is 79.6 Å². The van der Waals surface area contributed by atoms with Gasteiger partial charge >= 0.3 is 0 Å². The van der Waals surface area contributed by atoms with Crippen LogP contribution in [0.5, 0.6) is 0 Å². The van der Waals surface area contributed by atoms with Gasteiger partial charge in [-0.15, -0.1) is 6.58 Å². The van der Waals surface area contributed by atoms with Gasteiger partial charge in [0.2, 0.25) is 0 Å². The van der Waals surface area contributed by atoms with E-state index in [9.17, 15) is 0 Å². The van der Waals surface area contributed by atoms with Crippen LogP contribution in [0, 0.1) is 23.7 Å². The lowest BCUT2D eigenvalue weighted by Crippen LogP contribution is -2.43. The molecule has 0 heterocycles. The maximum Gasteiger partial charge on any atom is 0.0658 e. The van der Waals surface area contributed by atoms with E-state index in [0.29, 0.717) is 0 Å². The number of hydrogen-bond donors (Lipinski definition) is 1. The zero-order valence-corrected chi connectivity index (χ0v) is 19.3. The summed E-state index contributed by atoms with van der Waals surface area (Å²) in [4.78, 5) is 2.40. The fourth-order valence-corrected chi connectivity index (χ4v) is 3.29. The quantitative estimate of drug-likeness (QED) is 0.294. The number of nitrogens with one attached hydrogen (secondary N) is 1. The lowest BCUT2D eigenvalue weighted by atomic mass is 9.85. The molecule has 3 atom stereocenters. The molecular formula is C25H46N2. The number of nitrogens with zero attached hydrogens (tertiary/aromatic N) is 1. The molecule has 0 bridgehead atoms. The van der Waals surface area contributed by atoms with Gasteiger partial charge in [-0.05, 0) is 52.6 Å². The van der Waals surface area contributed by atoms with E-state index in [0.717, 1.165) is 31.2 Å². The molecule has 156 valence electrons. The molecule has 1 N–H and O–H groups in total. The molecule has 0 saturated heterocycles. The Morgan fingerprint density at radius 1 is 1.22 bits per heavy atom. The van der Waals surface area contributed by atoms with Gasteiger partial charge in [-0.2, -0.15) is 0 Å². The second-order valence-electron chi connectivity index (χ2n) is 8.81. The van der Waals surface area contributed by atoms with Gasteiger partial charge in [0.25, 0.3) is 0 Å². The monoisotopic (exact) mass is 374 g/mol. The van der Waals surface area contributed by atoms with Crippen LogP contribution < -0.4 is 5.32 Å². The number of rotatable bonds is 14. The second kappa shape index (κ2) is 14.0. The van der Waals surface area contributed by atoms with Crippen molar-refractivity contribution in [2.45, 2.75) is 91.1 Å². The number of likely N-dealkylation sites (N-methyl/N-ethyl adjacent to an activating group) is 1. The van der Waals surface area contributed by atoms with Gasteiger partial charge in [0, 0.05) is 18.5 Å². The van der Waals surface area contributed by atoms with Gasteiger partial charge in [0.1, 0.15) is 0 Å². The Balaban J connectivity index is 4.58. The number of hydrogen-bond acceptors (Lipinski definition) is 2. The van der Waals surface area contributed by atoms with E-state index in [1.54, 1.807) is 0 Å². The molecule has 2 heteroatoms. The van der Waals surface area contributed by atoms with Gasteiger partial charge in [0.15, 0.2) is 0 Å². The van der Waals surface area contributed by atoms with Crippen LogP contribution in [0.3, 0.4) is 0 Å². The molecule has 0 fully saturated rings. The summed E-state index contributed by atoms with van der Waals surface area (Å²) in [6, 6.07) is 0.232. The molecule has 0 radical (unpaired) electrons. The van der Waals surface area contributed by atoms with Crippen LogP contribution in [-0.4, -0.2) is 37.1 Å². The van der Waals surface area contributed by atoms with Gasteiger partial charge in [-0.1, -0.05) is 76.5 Å². The molecule has 0 aromatic carbocycles. The molecule has 0 aliphatic carbocycles. The highest BCUT2D eigenvalue weighted by Crippen LogP contribution is 2.28. The summed E-state index contributed by atoms with van der Waals surface area (Å²) in [6.07, 6.45) is 10.7. The highest BCUT2D eigenvalue weighted by Gasteiger charge is 2.26. The molecule has 0 rings (SSSR count). The molecule has 0 aromatic rings. The Morgan fingerprint density at radius 3 is 2.41 bits per heavy atom. The Bertz CT molecular complexity index is 482. The third-order valence-corrected chi connectivity index (χ3v) is 5.89.